The first-order valence-corrected chi connectivity index (χ1v) is 5.02. The van der Waals surface area contributed by atoms with E-state index >= 15 is 0 Å². The molecule has 1 aromatic rings. The van der Waals surface area contributed by atoms with Crippen LogP contribution in [0.25, 0.3) is 0 Å². The van der Waals surface area contributed by atoms with Gasteiger partial charge in [-0.15, -0.1) is 0 Å². The molecule has 0 saturated heterocycles. The van der Waals surface area contributed by atoms with Gasteiger partial charge in [0.2, 0.25) is 6.41 Å². The van der Waals surface area contributed by atoms with Crippen LogP contribution < -0.4 is 16.2 Å². The predicted octanol–water partition coefficient (Wildman–Crippen LogP) is -1.05. The number of carbonyl (C=O) groups is 2. The molecular formula is C10H13N3O4. The minimum Gasteiger partial charge on any atom is -0.507 e. The minimum absolute atomic E-state index is 0.00736. The first kappa shape index (κ1) is 12.8. The molecule has 1 aromatic heterocycles. The molecule has 7 heteroatoms. The lowest BCUT2D eigenvalue weighted by atomic mass is 10.2. The Morgan fingerprint density at radius 2 is 2.24 bits per heavy atom. The Morgan fingerprint density at radius 3 is 2.88 bits per heavy atom. The molecular weight excluding hydrogens is 226 g/mol. The second kappa shape index (κ2) is 6.31. The molecule has 0 aliphatic carbocycles. The fraction of sp³-hybridized carbons (Fsp3) is 0.300. The quantitative estimate of drug-likeness (QED) is 0.374. The average molecular weight is 239 g/mol. The van der Waals surface area contributed by atoms with E-state index in [1.165, 1.54) is 0 Å². The Hall–Kier alpha value is -2.31. The van der Waals surface area contributed by atoms with Gasteiger partial charge in [-0.05, 0) is 6.42 Å². The van der Waals surface area contributed by atoms with E-state index < -0.39 is 11.5 Å². The molecule has 0 fully saturated rings. The Kier molecular flexibility index (Phi) is 4.74. The number of rotatable bonds is 6. The zero-order chi connectivity index (χ0) is 12.7. The summed E-state index contributed by atoms with van der Waals surface area (Å²) in [6.07, 6.45) is 2.31. The van der Waals surface area contributed by atoms with E-state index in [1.807, 2.05) is 0 Å². The van der Waals surface area contributed by atoms with Crippen molar-refractivity contribution in [1.29, 1.82) is 0 Å². The van der Waals surface area contributed by atoms with Crippen molar-refractivity contribution < 1.29 is 14.7 Å². The van der Waals surface area contributed by atoms with Crippen molar-refractivity contribution in [2.24, 2.45) is 0 Å². The van der Waals surface area contributed by atoms with Crippen molar-refractivity contribution >= 4 is 12.3 Å². The fourth-order valence-electron chi connectivity index (χ4n) is 1.19. The van der Waals surface area contributed by atoms with E-state index in [1.54, 1.807) is 0 Å². The Balaban J connectivity index is 2.47. The van der Waals surface area contributed by atoms with E-state index in [2.05, 4.69) is 15.6 Å². The Morgan fingerprint density at radius 1 is 1.47 bits per heavy atom. The summed E-state index contributed by atoms with van der Waals surface area (Å²) in [6.45, 7) is 0.819. The lowest BCUT2D eigenvalue weighted by Gasteiger charge is -2.05. The van der Waals surface area contributed by atoms with E-state index in [9.17, 15) is 19.5 Å². The summed E-state index contributed by atoms with van der Waals surface area (Å²) < 4.78 is 0. The number of hydrogen-bond donors (Lipinski definition) is 4. The maximum atomic E-state index is 11.5. The first-order chi connectivity index (χ1) is 8.15. The van der Waals surface area contributed by atoms with Crippen molar-refractivity contribution in [3.63, 3.8) is 0 Å². The molecule has 0 radical (unpaired) electrons. The van der Waals surface area contributed by atoms with Gasteiger partial charge in [0.05, 0.1) is 5.56 Å². The van der Waals surface area contributed by atoms with Crippen LogP contribution in [0.2, 0.25) is 0 Å². The summed E-state index contributed by atoms with van der Waals surface area (Å²) >= 11 is 0. The molecule has 92 valence electrons. The lowest BCUT2D eigenvalue weighted by Crippen LogP contribution is -2.27. The van der Waals surface area contributed by atoms with Crippen molar-refractivity contribution in [3.8, 4) is 5.75 Å². The van der Waals surface area contributed by atoms with Crippen LogP contribution in [-0.2, 0) is 4.79 Å². The maximum Gasteiger partial charge on any atom is 0.256 e. The van der Waals surface area contributed by atoms with Gasteiger partial charge >= 0.3 is 0 Å². The normalized spacial score (nSPS) is 9.65. The average Bonchev–Trinajstić information content (AvgIpc) is 2.28. The summed E-state index contributed by atoms with van der Waals surface area (Å²) in [4.78, 5) is 34.6. The molecule has 0 spiro atoms. The van der Waals surface area contributed by atoms with Gasteiger partial charge in [-0.25, -0.2) is 0 Å². The predicted molar refractivity (Wildman–Crippen MR) is 59.7 cm³/mol. The number of nitrogens with one attached hydrogen (secondary N) is 3. The van der Waals surface area contributed by atoms with E-state index in [0.29, 0.717) is 25.9 Å². The van der Waals surface area contributed by atoms with Crippen LogP contribution in [0.1, 0.15) is 16.8 Å². The summed E-state index contributed by atoms with van der Waals surface area (Å²) in [5, 5.41) is 14.4. The Bertz CT molecular complexity index is 455. The van der Waals surface area contributed by atoms with Gasteiger partial charge < -0.3 is 20.7 Å². The highest BCUT2D eigenvalue weighted by Gasteiger charge is 2.10. The zero-order valence-electron chi connectivity index (χ0n) is 9.03. The van der Waals surface area contributed by atoms with Gasteiger partial charge in [-0.2, -0.15) is 0 Å². The third-order valence-corrected chi connectivity index (χ3v) is 2.01. The van der Waals surface area contributed by atoms with Gasteiger partial charge in [0.25, 0.3) is 11.5 Å². The third-order valence-electron chi connectivity index (χ3n) is 2.01. The molecule has 0 aromatic carbocycles. The number of H-pyrrole nitrogens is 1. The molecule has 1 rings (SSSR count). The lowest BCUT2D eigenvalue weighted by molar-refractivity contribution is -0.109. The van der Waals surface area contributed by atoms with Crippen molar-refractivity contribution in [2.75, 3.05) is 13.1 Å². The number of amides is 2. The smallest absolute Gasteiger partial charge is 0.256 e. The topological polar surface area (TPSA) is 111 Å². The third kappa shape index (κ3) is 3.98. The van der Waals surface area contributed by atoms with E-state index in [-0.39, 0.29) is 11.3 Å². The van der Waals surface area contributed by atoms with Gasteiger partial charge in [0.1, 0.15) is 5.75 Å². The highest BCUT2D eigenvalue weighted by atomic mass is 16.3. The van der Waals surface area contributed by atoms with Gasteiger partial charge in [-0.3, -0.25) is 14.4 Å². The minimum atomic E-state index is -0.482. The molecule has 0 bridgehead atoms. The molecule has 7 nitrogen and oxygen atoms in total. The van der Waals surface area contributed by atoms with Crippen molar-refractivity contribution in [2.45, 2.75) is 6.42 Å². The second-order valence-corrected chi connectivity index (χ2v) is 3.28. The van der Waals surface area contributed by atoms with Crippen LogP contribution in [0.5, 0.6) is 5.75 Å². The highest BCUT2D eigenvalue weighted by Crippen LogP contribution is 2.11. The number of aromatic hydroxyl groups is 1. The van der Waals surface area contributed by atoms with Crippen LogP contribution in [0.3, 0.4) is 0 Å². The number of pyridine rings is 1. The van der Waals surface area contributed by atoms with Crippen LogP contribution in [0.15, 0.2) is 17.1 Å². The molecule has 0 unspecified atom stereocenters. The van der Waals surface area contributed by atoms with Gasteiger partial charge in [0.15, 0.2) is 0 Å². The fourth-order valence-corrected chi connectivity index (χ4v) is 1.19. The molecule has 17 heavy (non-hydrogen) atoms. The summed E-state index contributed by atoms with van der Waals surface area (Å²) in [6, 6.07) is 0.933. The van der Waals surface area contributed by atoms with Crippen LogP contribution >= 0.6 is 0 Å². The second-order valence-electron chi connectivity index (χ2n) is 3.28. The summed E-state index contributed by atoms with van der Waals surface area (Å²) in [5.74, 6) is -0.845. The van der Waals surface area contributed by atoms with Gasteiger partial charge in [0, 0.05) is 25.4 Å². The molecule has 1 heterocycles. The zero-order valence-corrected chi connectivity index (χ0v) is 9.03. The number of carbonyl (C=O) groups excluding carboxylic acids is 2. The van der Waals surface area contributed by atoms with Crippen LogP contribution in [0, 0.1) is 0 Å². The van der Waals surface area contributed by atoms with Crippen molar-refractivity contribution in [3.05, 3.63) is 28.2 Å². The van der Waals surface area contributed by atoms with Crippen LogP contribution in [0.4, 0.5) is 0 Å². The first-order valence-electron chi connectivity index (χ1n) is 5.02. The van der Waals surface area contributed by atoms with E-state index in [0.717, 1.165) is 12.3 Å². The molecule has 4 N–H and O–H groups in total. The monoisotopic (exact) mass is 239 g/mol. The van der Waals surface area contributed by atoms with E-state index in [4.69, 9.17) is 0 Å². The summed E-state index contributed by atoms with van der Waals surface area (Å²) in [5.41, 5.74) is -0.470. The largest absolute Gasteiger partial charge is 0.507 e. The number of hydrogen-bond acceptors (Lipinski definition) is 4. The molecule has 0 atom stereocenters. The molecule has 0 saturated carbocycles. The number of aromatic nitrogens is 1. The molecule has 2 amide bonds. The van der Waals surface area contributed by atoms with Crippen molar-refractivity contribution in [1.82, 2.24) is 15.6 Å². The number of aromatic amines is 1. The standard InChI is InChI=1S/C10H13N3O4/c14-6-11-2-1-3-12-10(17)7-5-13-9(16)4-8(7)15/h4-6H,1-3H2,(H,11,14)(H,12,17)(H2,13,15,16). The molecule has 0 aliphatic heterocycles. The summed E-state index contributed by atoms with van der Waals surface area (Å²) in [7, 11) is 0. The van der Waals surface area contributed by atoms with Gasteiger partial charge in [-0.1, -0.05) is 0 Å². The maximum absolute atomic E-state index is 11.5. The SMILES string of the molecule is O=CNCCCNC(=O)c1c[nH]c(=O)cc1O. The van der Waals surface area contributed by atoms with Crippen LogP contribution in [-0.4, -0.2) is 35.5 Å². The molecule has 0 aliphatic rings. The highest BCUT2D eigenvalue weighted by molar-refractivity contribution is 5.96. The Labute approximate surface area is 96.9 Å².